The number of rotatable bonds is 1. The number of aryl methyl sites for hydroxylation is 1. The summed E-state index contributed by atoms with van der Waals surface area (Å²) in [7, 11) is 0. The Morgan fingerprint density at radius 3 is 2.47 bits per heavy atom. The Balaban J connectivity index is 2.55. The zero-order chi connectivity index (χ0) is 10.8. The molecule has 0 fully saturated rings. The molecule has 2 aromatic rings. The van der Waals surface area contributed by atoms with Crippen LogP contribution in [-0.2, 0) is 0 Å². The second kappa shape index (κ2) is 3.95. The molecule has 0 saturated heterocycles. The van der Waals surface area contributed by atoms with Crippen molar-refractivity contribution in [2.75, 3.05) is 0 Å². The summed E-state index contributed by atoms with van der Waals surface area (Å²) in [5.74, 6) is 0.311. The fourth-order valence-corrected chi connectivity index (χ4v) is 1.76. The Kier molecular flexibility index (Phi) is 2.65. The first-order valence-corrected chi connectivity index (χ1v) is 5.11. The van der Waals surface area contributed by atoms with Crippen molar-refractivity contribution in [2.45, 2.75) is 6.92 Å². The summed E-state index contributed by atoms with van der Waals surface area (Å²) in [6, 6.07) is 13.2. The maximum absolute atomic E-state index is 9.43. The molecule has 0 aliphatic carbocycles. The lowest BCUT2D eigenvalue weighted by Gasteiger charge is -2.06. The van der Waals surface area contributed by atoms with E-state index in [0.29, 0.717) is 5.75 Å². The van der Waals surface area contributed by atoms with E-state index in [1.165, 1.54) is 0 Å². The maximum Gasteiger partial charge on any atom is 0.118 e. The summed E-state index contributed by atoms with van der Waals surface area (Å²) < 4.78 is 0. The molecule has 0 aliphatic rings. The first kappa shape index (κ1) is 10.1. The average Bonchev–Trinajstić information content (AvgIpc) is 2.23. The van der Waals surface area contributed by atoms with E-state index >= 15 is 0 Å². The van der Waals surface area contributed by atoms with Gasteiger partial charge in [-0.05, 0) is 36.2 Å². The normalized spacial score (nSPS) is 10.3. The summed E-state index contributed by atoms with van der Waals surface area (Å²) in [5.41, 5.74) is 2.87. The molecule has 1 nitrogen and oxygen atoms in total. The fourth-order valence-electron chi connectivity index (χ4n) is 1.52. The number of benzene rings is 2. The Morgan fingerprint density at radius 2 is 1.80 bits per heavy atom. The molecule has 0 atom stereocenters. The molecule has 0 amide bonds. The summed E-state index contributed by atoms with van der Waals surface area (Å²) in [6.45, 7) is 1.87. The van der Waals surface area contributed by atoms with Crippen LogP contribution in [-0.4, -0.2) is 5.11 Å². The van der Waals surface area contributed by atoms with Crippen LogP contribution in [0, 0.1) is 6.92 Å². The number of halogens is 1. The molecule has 15 heavy (non-hydrogen) atoms. The predicted molar refractivity (Wildman–Crippen MR) is 63.3 cm³/mol. The van der Waals surface area contributed by atoms with E-state index < -0.39 is 0 Å². The minimum absolute atomic E-state index is 0.311. The SMILES string of the molecule is Cc1cc(-c2ccccc2Cl)ccc1O. The van der Waals surface area contributed by atoms with Crippen molar-refractivity contribution >= 4 is 11.6 Å². The van der Waals surface area contributed by atoms with Gasteiger partial charge in [0.05, 0.1) is 0 Å². The molecule has 0 spiro atoms. The van der Waals surface area contributed by atoms with E-state index in [-0.39, 0.29) is 0 Å². The first-order chi connectivity index (χ1) is 7.18. The standard InChI is InChI=1S/C13H11ClO/c1-9-8-10(6-7-13(9)15)11-4-2-3-5-12(11)14/h2-8,15H,1H3. The minimum Gasteiger partial charge on any atom is -0.508 e. The van der Waals surface area contributed by atoms with Gasteiger partial charge in [-0.25, -0.2) is 0 Å². The van der Waals surface area contributed by atoms with Crippen LogP contribution in [0.25, 0.3) is 11.1 Å². The minimum atomic E-state index is 0.311. The van der Waals surface area contributed by atoms with Crippen molar-refractivity contribution < 1.29 is 5.11 Å². The topological polar surface area (TPSA) is 20.2 Å². The van der Waals surface area contributed by atoms with Crippen LogP contribution < -0.4 is 0 Å². The first-order valence-electron chi connectivity index (χ1n) is 4.73. The molecule has 1 N–H and O–H groups in total. The molecule has 2 heteroatoms. The van der Waals surface area contributed by atoms with E-state index in [1.807, 2.05) is 43.3 Å². The third kappa shape index (κ3) is 1.97. The van der Waals surface area contributed by atoms with Gasteiger partial charge in [0.1, 0.15) is 5.75 Å². The zero-order valence-electron chi connectivity index (χ0n) is 8.37. The zero-order valence-corrected chi connectivity index (χ0v) is 9.12. The third-order valence-corrected chi connectivity index (χ3v) is 2.71. The Hall–Kier alpha value is -1.47. The fraction of sp³-hybridized carbons (Fsp3) is 0.0769. The quantitative estimate of drug-likeness (QED) is 0.767. The molecule has 0 bridgehead atoms. The molecule has 0 aromatic heterocycles. The molecule has 0 aliphatic heterocycles. The molecule has 0 saturated carbocycles. The van der Waals surface area contributed by atoms with Crippen molar-refractivity contribution in [3.8, 4) is 16.9 Å². The lowest BCUT2D eigenvalue weighted by molar-refractivity contribution is 0.471. The number of phenolic OH excluding ortho intramolecular Hbond substituents is 1. The molecular weight excluding hydrogens is 208 g/mol. The summed E-state index contributed by atoms with van der Waals surface area (Å²) in [5, 5.41) is 10.2. The Morgan fingerprint density at radius 1 is 1.07 bits per heavy atom. The lowest BCUT2D eigenvalue weighted by atomic mass is 10.0. The Labute approximate surface area is 94.0 Å². The van der Waals surface area contributed by atoms with E-state index in [4.69, 9.17) is 11.6 Å². The highest BCUT2D eigenvalue weighted by Gasteiger charge is 2.03. The molecule has 0 unspecified atom stereocenters. The monoisotopic (exact) mass is 218 g/mol. The van der Waals surface area contributed by atoms with Crippen LogP contribution in [0.3, 0.4) is 0 Å². The van der Waals surface area contributed by atoms with Gasteiger partial charge < -0.3 is 5.11 Å². The van der Waals surface area contributed by atoms with Gasteiger partial charge in [-0.1, -0.05) is 35.9 Å². The van der Waals surface area contributed by atoms with Crippen molar-refractivity contribution in [1.82, 2.24) is 0 Å². The molecule has 0 radical (unpaired) electrons. The van der Waals surface area contributed by atoms with Crippen molar-refractivity contribution in [3.05, 3.63) is 53.1 Å². The number of aromatic hydroxyl groups is 1. The molecule has 2 rings (SSSR count). The number of hydrogen-bond donors (Lipinski definition) is 1. The largest absolute Gasteiger partial charge is 0.508 e. The van der Waals surface area contributed by atoms with Gasteiger partial charge >= 0.3 is 0 Å². The Bertz CT molecular complexity index is 492. The van der Waals surface area contributed by atoms with Crippen LogP contribution in [0.5, 0.6) is 5.75 Å². The van der Waals surface area contributed by atoms with Crippen molar-refractivity contribution in [3.63, 3.8) is 0 Å². The van der Waals surface area contributed by atoms with Gasteiger partial charge in [0.15, 0.2) is 0 Å². The lowest BCUT2D eigenvalue weighted by Crippen LogP contribution is -1.81. The van der Waals surface area contributed by atoms with Crippen LogP contribution in [0.15, 0.2) is 42.5 Å². The van der Waals surface area contributed by atoms with Gasteiger partial charge in [0.2, 0.25) is 0 Å². The predicted octanol–water partition coefficient (Wildman–Crippen LogP) is 4.02. The summed E-state index contributed by atoms with van der Waals surface area (Å²) >= 11 is 6.09. The molecule has 2 aromatic carbocycles. The van der Waals surface area contributed by atoms with E-state index in [2.05, 4.69) is 0 Å². The van der Waals surface area contributed by atoms with Gasteiger partial charge in [-0.15, -0.1) is 0 Å². The second-order valence-corrected chi connectivity index (χ2v) is 3.89. The van der Waals surface area contributed by atoms with Crippen LogP contribution in [0.2, 0.25) is 5.02 Å². The van der Waals surface area contributed by atoms with Crippen LogP contribution in [0.4, 0.5) is 0 Å². The average molecular weight is 219 g/mol. The van der Waals surface area contributed by atoms with Gasteiger partial charge in [0, 0.05) is 10.6 Å². The highest BCUT2D eigenvalue weighted by molar-refractivity contribution is 6.33. The molecular formula is C13H11ClO. The van der Waals surface area contributed by atoms with Gasteiger partial charge in [0.25, 0.3) is 0 Å². The van der Waals surface area contributed by atoms with Crippen LogP contribution in [0.1, 0.15) is 5.56 Å². The van der Waals surface area contributed by atoms with Crippen molar-refractivity contribution in [2.24, 2.45) is 0 Å². The van der Waals surface area contributed by atoms with Crippen molar-refractivity contribution in [1.29, 1.82) is 0 Å². The van der Waals surface area contributed by atoms with E-state index in [0.717, 1.165) is 21.7 Å². The highest BCUT2D eigenvalue weighted by atomic mass is 35.5. The van der Waals surface area contributed by atoms with Gasteiger partial charge in [-0.3, -0.25) is 0 Å². The van der Waals surface area contributed by atoms with E-state index in [9.17, 15) is 5.11 Å². The summed E-state index contributed by atoms with van der Waals surface area (Å²) in [6.07, 6.45) is 0. The number of hydrogen-bond acceptors (Lipinski definition) is 1. The van der Waals surface area contributed by atoms with E-state index in [1.54, 1.807) is 6.07 Å². The highest BCUT2D eigenvalue weighted by Crippen LogP contribution is 2.30. The smallest absolute Gasteiger partial charge is 0.118 e. The maximum atomic E-state index is 9.43. The third-order valence-electron chi connectivity index (χ3n) is 2.38. The summed E-state index contributed by atoms with van der Waals surface area (Å²) in [4.78, 5) is 0. The van der Waals surface area contributed by atoms with Gasteiger partial charge in [-0.2, -0.15) is 0 Å². The molecule has 76 valence electrons. The van der Waals surface area contributed by atoms with Crippen LogP contribution >= 0.6 is 11.6 Å². The second-order valence-electron chi connectivity index (χ2n) is 3.48. The molecule has 0 heterocycles. The number of phenols is 1.